The standard InChI is InChI=1S/C25H31ClN2O4/c1-5-17-8-7-9-18(6-2)23(17)28-22(29)15-32-25(31)21(14-16(3)4)27-24(30)19-10-12-20(26)13-11-19/h7-13,16,21H,5-6,14-15H2,1-4H3,(H,27,30)(H,28,29). The molecule has 2 N–H and O–H groups in total. The van der Waals surface area contributed by atoms with Gasteiger partial charge in [-0.1, -0.05) is 57.5 Å². The predicted octanol–water partition coefficient (Wildman–Crippen LogP) is 4.79. The maximum absolute atomic E-state index is 12.7. The SMILES string of the molecule is CCc1cccc(CC)c1NC(=O)COC(=O)C(CC(C)C)NC(=O)c1ccc(Cl)cc1. The summed E-state index contributed by atoms with van der Waals surface area (Å²) < 4.78 is 5.26. The van der Waals surface area contributed by atoms with Crippen LogP contribution in [0.1, 0.15) is 55.6 Å². The minimum absolute atomic E-state index is 0.135. The molecule has 0 aliphatic rings. The lowest BCUT2D eigenvalue weighted by Gasteiger charge is -2.20. The molecule has 0 saturated heterocycles. The van der Waals surface area contributed by atoms with Gasteiger partial charge in [0.15, 0.2) is 6.61 Å². The van der Waals surface area contributed by atoms with Crippen LogP contribution >= 0.6 is 11.6 Å². The van der Waals surface area contributed by atoms with Crippen LogP contribution in [0.2, 0.25) is 5.02 Å². The van der Waals surface area contributed by atoms with Crippen molar-refractivity contribution in [2.75, 3.05) is 11.9 Å². The van der Waals surface area contributed by atoms with E-state index in [1.165, 1.54) is 0 Å². The first-order valence-corrected chi connectivity index (χ1v) is 11.3. The first-order chi connectivity index (χ1) is 15.2. The van der Waals surface area contributed by atoms with Crippen molar-refractivity contribution in [3.63, 3.8) is 0 Å². The largest absolute Gasteiger partial charge is 0.454 e. The number of ether oxygens (including phenoxy) is 1. The van der Waals surface area contributed by atoms with Crippen LogP contribution in [-0.4, -0.2) is 30.4 Å². The molecule has 2 rings (SSSR count). The number of rotatable bonds is 10. The second-order valence-electron chi connectivity index (χ2n) is 7.98. The van der Waals surface area contributed by atoms with E-state index in [1.807, 2.05) is 45.9 Å². The van der Waals surface area contributed by atoms with Crippen LogP contribution in [0.15, 0.2) is 42.5 Å². The molecule has 2 aromatic rings. The van der Waals surface area contributed by atoms with Crippen molar-refractivity contribution >= 4 is 35.1 Å². The Hall–Kier alpha value is -2.86. The fourth-order valence-electron chi connectivity index (χ4n) is 3.34. The number of hydrogen-bond donors (Lipinski definition) is 2. The maximum atomic E-state index is 12.7. The Morgan fingerprint density at radius 2 is 1.56 bits per heavy atom. The summed E-state index contributed by atoms with van der Waals surface area (Å²) in [5, 5.41) is 6.09. The maximum Gasteiger partial charge on any atom is 0.329 e. The molecule has 0 radical (unpaired) electrons. The third-order valence-corrected chi connectivity index (χ3v) is 5.26. The highest BCUT2D eigenvalue weighted by Crippen LogP contribution is 2.22. The molecule has 0 fully saturated rings. The average molecular weight is 459 g/mol. The normalized spacial score (nSPS) is 11.7. The van der Waals surface area contributed by atoms with Gasteiger partial charge in [-0.2, -0.15) is 0 Å². The molecule has 0 aliphatic heterocycles. The molecule has 0 bridgehead atoms. The van der Waals surface area contributed by atoms with E-state index in [9.17, 15) is 14.4 Å². The monoisotopic (exact) mass is 458 g/mol. The highest BCUT2D eigenvalue weighted by molar-refractivity contribution is 6.30. The fourth-order valence-corrected chi connectivity index (χ4v) is 3.47. The van der Waals surface area contributed by atoms with Crippen LogP contribution in [0, 0.1) is 5.92 Å². The lowest BCUT2D eigenvalue weighted by molar-refractivity contribution is -0.149. The van der Waals surface area contributed by atoms with E-state index in [2.05, 4.69) is 10.6 Å². The highest BCUT2D eigenvalue weighted by atomic mass is 35.5. The summed E-state index contributed by atoms with van der Waals surface area (Å²) in [6.45, 7) is 7.49. The Bertz CT molecular complexity index is 919. The third-order valence-electron chi connectivity index (χ3n) is 5.01. The Kier molecular flexibility index (Phi) is 9.72. The lowest BCUT2D eigenvalue weighted by atomic mass is 10.0. The number of anilines is 1. The molecular weight excluding hydrogens is 428 g/mol. The second kappa shape index (κ2) is 12.2. The number of amides is 2. The van der Waals surface area contributed by atoms with Gasteiger partial charge in [-0.15, -0.1) is 0 Å². The number of esters is 1. The van der Waals surface area contributed by atoms with Gasteiger partial charge in [0.05, 0.1) is 0 Å². The van der Waals surface area contributed by atoms with Crippen molar-refractivity contribution in [2.24, 2.45) is 5.92 Å². The quantitative estimate of drug-likeness (QED) is 0.501. The van der Waals surface area contributed by atoms with Gasteiger partial charge < -0.3 is 15.4 Å². The van der Waals surface area contributed by atoms with E-state index < -0.39 is 30.4 Å². The predicted molar refractivity (Wildman–Crippen MR) is 127 cm³/mol. The zero-order chi connectivity index (χ0) is 23.7. The van der Waals surface area contributed by atoms with Gasteiger partial charge in [-0.3, -0.25) is 9.59 Å². The van der Waals surface area contributed by atoms with Crippen molar-refractivity contribution in [3.05, 3.63) is 64.2 Å². The molecule has 172 valence electrons. The number of nitrogens with one attached hydrogen (secondary N) is 2. The third kappa shape index (κ3) is 7.38. The minimum Gasteiger partial charge on any atom is -0.454 e. The van der Waals surface area contributed by atoms with Crippen LogP contribution in [0.3, 0.4) is 0 Å². The first kappa shape index (κ1) is 25.4. The van der Waals surface area contributed by atoms with E-state index in [1.54, 1.807) is 24.3 Å². The zero-order valence-electron chi connectivity index (χ0n) is 19.0. The van der Waals surface area contributed by atoms with Gasteiger partial charge in [-0.05, 0) is 60.6 Å². The molecule has 1 unspecified atom stereocenters. The molecule has 0 aromatic heterocycles. The highest BCUT2D eigenvalue weighted by Gasteiger charge is 2.25. The van der Waals surface area contributed by atoms with Gasteiger partial charge >= 0.3 is 5.97 Å². The molecule has 0 heterocycles. The Labute approximate surface area is 194 Å². The van der Waals surface area contributed by atoms with Crippen molar-refractivity contribution in [2.45, 2.75) is 53.0 Å². The molecule has 0 spiro atoms. The zero-order valence-corrected chi connectivity index (χ0v) is 19.8. The van der Waals surface area contributed by atoms with Crippen LogP contribution < -0.4 is 10.6 Å². The van der Waals surface area contributed by atoms with Gasteiger partial charge in [0.1, 0.15) is 6.04 Å². The van der Waals surface area contributed by atoms with Crippen molar-refractivity contribution in [1.29, 1.82) is 0 Å². The summed E-state index contributed by atoms with van der Waals surface area (Å²) in [6, 6.07) is 11.4. The number of para-hydroxylation sites is 1. The average Bonchev–Trinajstić information content (AvgIpc) is 2.77. The molecule has 32 heavy (non-hydrogen) atoms. The number of halogens is 1. The summed E-state index contributed by atoms with van der Waals surface area (Å²) in [7, 11) is 0. The first-order valence-electron chi connectivity index (χ1n) is 10.9. The molecule has 2 aromatic carbocycles. The van der Waals surface area contributed by atoms with E-state index in [4.69, 9.17) is 16.3 Å². The van der Waals surface area contributed by atoms with Crippen molar-refractivity contribution in [3.8, 4) is 0 Å². The van der Waals surface area contributed by atoms with E-state index in [-0.39, 0.29) is 5.92 Å². The molecule has 0 aliphatic carbocycles. The van der Waals surface area contributed by atoms with E-state index in [0.29, 0.717) is 17.0 Å². The second-order valence-corrected chi connectivity index (χ2v) is 8.41. The molecule has 2 amide bonds. The number of aryl methyl sites for hydroxylation is 2. The number of carbonyl (C=O) groups excluding carboxylic acids is 3. The van der Waals surface area contributed by atoms with Crippen molar-refractivity contribution in [1.82, 2.24) is 5.32 Å². The summed E-state index contributed by atoms with van der Waals surface area (Å²) in [5.41, 5.74) is 3.21. The summed E-state index contributed by atoms with van der Waals surface area (Å²) in [5.74, 6) is -1.33. The van der Waals surface area contributed by atoms with E-state index >= 15 is 0 Å². The molecule has 7 heteroatoms. The molecule has 0 saturated carbocycles. The number of benzene rings is 2. The Morgan fingerprint density at radius 1 is 0.969 bits per heavy atom. The Morgan fingerprint density at radius 3 is 2.09 bits per heavy atom. The smallest absolute Gasteiger partial charge is 0.329 e. The topological polar surface area (TPSA) is 84.5 Å². The summed E-state index contributed by atoms with van der Waals surface area (Å²) in [4.78, 5) is 37.7. The van der Waals surface area contributed by atoms with Crippen LogP contribution in [0.25, 0.3) is 0 Å². The van der Waals surface area contributed by atoms with Crippen LogP contribution in [-0.2, 0) is 27.2 Å². The fraction of sp³-hybridized carbons (Fsp3) is 0.400. The van der Waals surface area contributed by atoms with Gasteiger partial charge in [-0.25, -0.2) is 4.79 Å². The van der Waals surface area contributed by atoms with Crippen molar-refractivity contribution < 1.29 is 19.1 Å². The summed E-state index contributed by atoms with van der Waals surface area (Å²) in [6.07, 6.45) is 1.94. The lowest BCUT2D eigenvalue weighted by Crippen LogP contribution is -2.43. The molecular formula is C25H31ClN2O4. The van der Waals surface area contributed by atoms with Crippen LogP contribution in [0.4, 0.5) is 5.69 Å². The summed E-state index contributed by atoms with van der Waals surface area (Å²) >= 11 is 5.86. The molecule has 6 nitrogen and oxygen atoms in total. The van der Waals surface area contributed by atoms with Crippen LogP contribution in [0.5, 0.6) is 0 Å². The Balaban J connectivity index is 2.01. The van der Waals surface area contributed by atoms with Gasteiger partial charge in [0, 0.05) is 16.3 Å². The minimum atomic E-state index is -0.861. The molecule has 1 atom stereocenters. The number of hydrogen-bond acceptors (Lipinski definition) is 4. The van der Waals surface area contributed by atoms with Gasteiger partial charge in [0.2, 0.25) is 0 Å². The number of carbonyl (C=O) groups is 3. The van der Waals surface area contributed by atoms with Gasteiger partial charge in [0.25, 0.3) is 11.8 Å². The van der Waals surface area contributed by atoms with E-state index in [0.717, 1.165) is 29.7 Å².